The van der Waals surface area contributed by atoms with Crippen molar-refractivity contribution in [3.05, 3.63) is 48.3 Å². The molecule has 5 rings (SSSR count). The van der Waals surface area contributed by atoms with Crippen LogP contribution in [0.15, 0.2) is 42.5 Å². The van der Waals surface area contributed by atoms with Gasteiger partial charge < -0.3 is 9.47 Å². The molecule has 0 heterocycles. The Morgan fingerprint density at radius 1 is 0.763 bits per heavy atom. The molecule has 0 saturated heterocycles. The van der Waals surface area contributed by atoms with E-state index in [4.69, 9.17) is 9.47 Å². The van der Waals surface area contributed by atoms with Crippen molar-refractivity contribution in [1.82, 2.24) is 0 Å². The lowest BCUT2D eigenvalue weighted by Gasteiger charge is -2.52. The summed E-state index contributed by atoms with van der Waals surface area (Å²) in [6.45, 7) is 5.01. The molecule has 0 N–H and O–H groups in total. The Kier molecular flexibility index (Phi) is 10.3. The van der Waals surface area contributed by atoms with E-state index < -0.39 is 0 Å². The van der Waals surface area contributed by atoms with E-state index in [1.165, 1.54) is 57.4 Å². The second-order valence-electron chi connectivity index (χ2n) is 11.9. The topological polar surface area (TPSA) is 35.5 Å². The number of carbonyl (C=O) groups is 1. The van der Waals surface area contributed by atoms with Gasteiger partial charge in [0, 0.05) is 0 Å². The van der Waals surface area contributed by atoms with Crippen LogP contribution in [0.3, 0.4) is 0 Å². The molecule has 0 aliphatic heterocycles. The van der Waals surface area contributed by atoms with Crippen LogP contribution in [0.2, 0.25) is 0 Å². The largest absolute Gasteiger partial charge is 0.491 e. The normalized spacial score (nSPS) is 22.4. The summed E-state index contributed by atoms with van der Waals surface area (Å²) in [6.07, 6.45) is 18.6. The molecular weight excluding hydrogens is 475 g/mol. The van der Waals surface area contributed by atoms with Gasteiger partial charge in [-0.25, -0.2) is 4.39 Å². The van der Waals surface area contributed by atoms with Crippen molar-refractivity contribution < 1.29 is 18.7 Å². The van der Waals surface area contributed by atoms with E-state index in [9.17, 15) is 9.18 Å². The third kappa shape index (κ3) is 7.18. The summed E-state index contributed by atoms with van der Waals surface area (Å²) in [5, 5.41) is 0. The van der Waals surface area contributed by atoms with E-state index in [1.807, 2.05) is 30.3 Å². The van der Waals surface area contributed by atoms with Gasteiger partial charge in [-0.1, -0.05) is 83.4 Å². The fourth-order valence-corrected chi connectivity index (χ4v) is 6.49. The molecule has 38 heavy (non-hydrogen) atoms. The number of hydrogen-bond acceptors (Lipinski definition) is 3. The molecule has 3 nitrogen and oxygen atoms in total. The van der Waals surface area contributed by atoms with Gasteiger partial charge in [0.1, 0.15) is 5.75 Å². The van der Waals surface area contributed by atoms with E-state index >= 15 is 0 Å². The minimum absolute atomic E-state index is 0.0648. The summed E-state index contributed by atoms with van der Waals surface area (Å²) in [4.78, 5) is 13.2. The smallest absolute Gasteiger partial charge is 0.317 e. The Hall–Kier alpha value is -2.36. The van der Waals surface area contributed by atoms with Crippen LogP contribution in [0.4, 0.5) is 4.39 Å². The number of unbranched alkanes of at least 4 members (excludes halogenated alkanes) is 7. The van der Waals surface area contributed by atoms with Crippen molar-refractivity contribution in [3.8, 4) is 22.6 Å². The fourth-order valence-electron chi connectivity index (χ4n) is 6.49. The highest BCUT2D eigenvalue weighted by atomic mass is 19.1. The Labute approximate surface area is 229 Å². The first kappa shape index (κ1) is 28.6. The summed E-state index contributed by atoms with van der Waals surface area (Å²) < 4.78 is 26.2. The van der Waals surface area contributed by atoms with E-state index in [1.54, 1.807) is 6.07 Å². The van der Waals surface area contributed by atoms with E-state index in [-0.39, 0.29) is 17.2 Å². The predicted octanol–water partition coefficient (Wildman–Crippen LogP) is 10.1. The first-order chi connectivity index (χ1) is 18.5. The zero-order chi connectivity index (χ0) is 26.8. The van der Waals surface area contributed by atoms with Gasteiger partial charge in [-0.3, -0.25) is 4.79 Å². The van der Waals surface area contributed by atoms with Gasteiger partial charge in [0.15, 0.2) is 11.6 Å². The first-order valence-electron chi connectivity index (χ1n) is 15.2. The number of ether oxygens (including phenoxy) is 2. The van der Waals surface area contributed by atoms with Crippen LogP contribution in [-0.4, -0.2) is 12.6 Å². The first-order valence-corrected chi connectivity index (χ1v) is 15.2. The highest BCUT2D eigenvalue weighted by Gasteiger charge is 2.52. The summed E-state index contributed by atoms with van der Waals surface area (Å²) in [6, 6.07) is 12.6. The van der Waals surface area contributed by atoms with Crippen molar-refractivity contribution in [3.63, 3.8) is 0 Å². The molecule has 2 aromatic rings. The third-order valence-corrected chi connectivity index (χ3v) is 9.23. The summed E-state index contributed by atoms with van der Waals surface area (Å²) in [7, 11) is 0. The minimum Gasteiger partial charge on any atom is -0.491 e. The van der Waals surface area contributed by atoms with Crippen molar-refractivity contribution >= 4 is 5.97 Å². The van der Waals surface area contributed by atoms with Crippen molar-refractivity contribution in [2.75, 3.05) is 6.61 Å². The average molecular weight is 523 g/mol. The van der Waals surface area contributed by atoms with Crippen molar-refractivity contribution in [2.24, 2.45) is 10.8 Å². The van der Waals surface area contributed by atoms with E-state index in [0.29, 0.717) is 23.5 Å². The molecule has 4 heteroatoms. The molecule has 3 aliphatic rings. The highest BCUT2D eigenvalue weighted by molar-refractivity contribution is 5.80. The quantitative estimate of drug-likeness (QED) is 0.133. The van der Waals surface area contributed by atoms with Crippen molar-refractivity contribution in [1.29, 1.82) is 0 Å². The Morgan fingerprint density at radius 2 is 1.37 bits per heavy atom. The molecule has 0 atom stereocenters. The van der Waals surface area contributed by atoms with Gasteiger partial charge in [0.05, 0.1) is 12.0 Å². The Balaban J connectivity index is 1.27. The standard InChI is InChI=1S/C34H47FO3/c1-3-5-7-8-9-11-25-37-31-17-14-28(26-30(31)35)27-12-15-29(16-13-27)38-32(36)34-22-19-33(20-23-34,21-24-34)18-10-6-4-2/h12-17,26H,3-11,18-25H2,1-2H3. The number of esters is 1. The SMILES string of the molecule is CCCCCCCCOc1ccc(-c2ccc(OC(=O)C34CCC(CCCCC)(CC3)CC4)cc2)cc1F. The van der Waals surface area contributed by atoms with E-state index in [0.717, 1.165) is 62.5 Å². The molecule has 2 bridgehead atoms. The van der Waals surface area contributed by atoms with Crippen molar-refractivity contribution in [2.45, 2.75) is 117 Å². The second kappa shape index (κ2) is 13.6. The molecule has 0 amide bonds. The molecular formula is C34H47FO3. The second-order valence-corrected chi connectivity index (χ2v) is 11.9. The maximum atomic E-state index is 14.7. The molecule has 3 saturated carbocycles. The van der Waals surface area contributed by atoms with Gasteiger partial charge >= 0.3 is 5.97 Å². The van der Waals surface area contributed by atoms with Crippen LogP contribution < -0.4 is 9.47 Å². The lowest BCUT2D eigenvalue weighted by molar-refractivity contribution is -0.156. The lowest BCUT2D eigenvalue weighted by atomic mass is 9.52. The maximum Gasteiger partial charge on any atom is 0.317 e. The van der Waals surface area contributed by atoms with Gasteiger partial charge in [-0.05, 0) is 92.2 Å². The maximum absolute atomic E-state index is 14.7. The highest BCUT2D eigenvalue weighted by Crippen LogP contribution is 2.59. The van der Waals surface area contributed by atoms with Gasteiger partial charge in [0.2, 0.25) is 0 Å². The van der Waals surface area contributed by atoms with Gasteiger partial charge in [0.25, 0.3) is 0 Å². The lowest BCUT2D eigenvalue weighted by Crippen LogP contribution is -2.47. The summed E-state index contributed by atoms with van der Waals surface area (Å²) >= 11 is 0. The van der Waals surface area contributed by atoms with E-state index in [2.05, 4.69) is 13.8 Å². The zero-order valence-corrected chi connectivity index (χ0v) is 23.7. The van der Waals surface area contributed by atoms with Crippen LogP contribution in [0, 0.1) is 16.6 Å². The molecule has 0 unspecified atom stereocenters. The number of rotatable bonds is 15. The number of hydrogen-bond donors (Lipinski definition) is 0. The minimum atomic E-state index is -0.344. The molecule has 0 radical (unpaired) electrons. The van der Waals surface area contributed by atoms with Crippen LogP contribution in [0.5, 0.6) is 11.5 Å². The number of halogens is 1. The van der Waals surface area contributed by atoms with Crippen LogP contribution in [0.25, 0.3) is 11.1 Å². The molecule has 0 spiro atoms. The van der Waals surface area contributed by atoms with Crippen LogP contribution in [-0.2, 0) is 4.79 Å². The zero-order valence-electron chi connectivity index (χ0n) is 23.7. The molecule has 3 aliphatic carbocycles. The number of benzene rings is 2. The predicted molar refractivity (Wildman–Crippen MR) is 153 cm³/mol. The van der Waals surface area contributed by atoms with Gasteiger partial charge in [-0.15, -0.1) is 0 Å². The fraction of sp³-hybridized carbons (Fsp3) is 0.618. The average Bonchev–Trinajstić information content (AvgIpc) is 2.95. The Bertz CT molecular complexity index is 1000. The summed E-state index contributed by atoms with van der Waals surface area (Å²) in [5.41, 5.74) is 1.84. The number of fused-ring (bicyclic) bond motifs is 3. The monoisotopic (exact) mass is 522 g/mol. The van der Waals surface area contributed by atoms with Crippen LogP contribution >= 0.6 is 0 Å². The molecule has 208 valence electrons. The van der Waals surface area contributed by atoms with Gasteiger partial charge in [-0.2, -0.15) is 0 Å². The molecule has 2 aromatic carbocycles. The Morgan fingerprint density at radius 3 is 2.03 bits per heavy atom. The molecule has 0 aromatic heterocycles. The van der Waals surface area contributed by atoms with Crippen LogP contribution in [0.1, 0.15) is 117 Å². The number of carbonyl (C=O) groups excluding carboxylic acids is 1. The third-order valence-electron chi connectivity index (χ3n) is 9.23. The molecule has 3 fully saturated rings. The summed E-state index contributed by atoms with van der Waals surface area (Å²) in [5.74, 6) is 0.466.